The molecular weight excluding hydrogens is 96.1 g/mol. The molecule has 0 saturated carbocycles. The van der Waals surface area contributed by atoms with Crippen LogP contribution in [0.15, 0.2) is 11.8 Å². The van der Waals surface area contributed by atoms with Crippen LogP contribution in [0.4, 0.5) is 0 Å². The van der Waals surface area contributed by atoms with Gasteiger partial charge < -0.3 is 5.73 Å². The predicted octanol–water partition coefficient (Wildman–Crippen LogP) is 2.71. The van der Waals surface area contributed by atoms with Crippen molar-refractivity contribution in [2.24, 2.45) is 0 Å². The van der Waals surface area contributed by atoms with E-state index < -0.39 is 0 Å². The maximum absolute atomic E-state index is 5.01. The Kier molecular flexibility index (Phi) is 6.13. The summed E-state index contributed by atoms with van der Waals surface area (Å²) in [6.07, 6.45) is 6.80. The van der Waals surface area contributed by atoms with Gasteiger partial charge in [0.05, 0.1) is 0 Å². The zero-order valence-corrected chi connectivity index (χ0v) is 5.48. The molecule has 0 amide bonds. The number of allylic oxidation sites excluding steroid dienone is 1. The van der Waals surface area contributed by atoms with Crippen molar-refractivity contribution in [3.63, 3.8) is 0 Å². The summed E-state index contributed by atoms with van der Waals surface area (Å²) in [6.45, 7) is 7.20. The molecule has 0 aromatic rings. The second kappa shape index (κ2) is 6.52. The molecule has 8 heavy (non-hydrogen) atoms. The van der Waals surface area contributed by atoms with Crippen molar-refractivity contribution in [1.82, 2.24) is 0 Å². The Morgan fingerprint density at radius 2 is 2.25 bits per heavy atom. The minimum absolute atomic E-state index is 1.09. The molecule has 0 nitrogen and oxygen atoms in total. The first-order valence-corrected chi connectivity index (χ1v) is 3.19. The maximum atomic E-state index is 5.01. The van der Waals surface area contributed by atoms with Crippen molar-refractivity contribution in [3.05, 3.63) is 18.4 Å². The summed E-state index contributed by atoms with van der Waals surface area (Å²) in [5.41, 5.74) is 2.50. The van der Waals surface area contributed by atoms with E-state index in [0.717, 1.165) is 6.42 Å². The van der Waals surface area contributed by atoms with Crippen LogP contribution >= 0.6 is 0 Å². The summed E-state index contributed by atoms with van der Waals surface area (Å²) < 4.78 is 0. The molecule has 0 aliphatic carbocycles. The fraction of sp³-hybridized carbons (Fsp3) is 0.625. The summed E-state index contributed by atoms with van der Waals surface area (Å²) in [5, 5.41) is 0. The van der Waals surface area contributed by atoms with Gasteiger partial charge in [0.1, 0.15) is 0 Å². The number of rotatable bonds is 4. The van der Waals surface area contributed by atoms with Crippen LogP contribution in [0.1, 0.15) is 32.6 Å². The second-order valence-corrected chi connectivity index (χ2v) is 1.87. The molecule has 0 aliphatic rings. The number of hydrogen-bond acceptors (Lipinski definition) is 0. The molecule has 0 fully saturated rings. The molecule has 0 aromatic heterocycles. The Labute approximate surface area is 51.9 Å². The largest absolute Gasteiger partial charge is 0.339 e. The van der Waals surface area contributed by atoms with Gasteiger partial charge in [-0.3, -0.25) is 0 Å². The second-order valence-electron chi connectivity index (χ2n) is 1.87. The highest BCUT2D eigenvalue weighted by Crippen LogP contribution is 1.97. The monoisotopic (exact) mass is 109 g/mol. The van der Waals surface area contributed by atoms with Crippen LogP contribution in [0.3, 0.4) is 0 Å². The minimum Gasteiger partial charge on any atom is -0.339 e. The van der Waals surface area contributed by atoms with Gasteiger partial charge in [0, 0.05) is 0 Å². The molecule has 0 spiro atoms. The lowest BCUT2D eigenvalue weighted by Gasteiger charge is -1.91. The highest BCUT2D eigenvalue weighted by Gasteiger charge is 1.75. The summed E-state index contributed by atoms with van der Waals surface area (Å²) in [7, 11) is 0. The SMILES string of the molecule is [CH-]=C=CCCCCC. The Hall–Kier alpha value is -0.480. The van der Waals surface area contributed by atoms with E-state index >= 15 is 0 Å². The Morgan fingerprint density at radius 1 is 1.50 bits per heavy atom. The molecule has 0 heterocycles. The molecule has 0 rings (SSSR count). The fourth-order valence-corrected chi connectivity index (χ4v) is 0.580. The van der Waals surface area contributed by atoms with E-state index in [1.165, 1.54) is 19.3 Å². The van der Waals surface area contributed by atoms with Crippen molar-refractivity contribution in [2.45, 2.75) is 32.6 Å². The smallest absolute Gasteiger partial charge is 0.0547 e. The van der Waals surface area contributed by atoms with Gasteiger partial charge >= 0.3 is 0 Å². The normalized spacial score (nSPS) is 8.12. The van der Waals surface area contributed by atoms with Gasteiger partial charge in [-0.25, -0.2) is 6.58 Å². The lowest BCUT2D eigenvalue weighted by molar-refractivity contribution is 0.729. The van der Waals surface area contributed by atoms with E-state index in [0.29, 0.717) is 0 Å². The zero-order valence-electron chi connectivity index (χ0n) is 5.48. The van der Waals surface area contributed by atoms with Crippen molar-refractivity contribution in [3.8, 4) is 0 Å². The van der Waals surface area contributed by atoms with E-state index in [4.69, 9.17) is 6.58 Å². The first-order valence-electron chi connectivity index (χ1n) is 3.19. The summed E-state index contributed by atoms with van der Waals surface area (Å²) in [5.74, 6) is 0. The zero-order chi connectivity index (χ0) is 6.24. The highest BCUT2D eigenvalue weighted by atomic mass is 13.8. The molecule has 0 heteroatoms. The third kappa shape index (κ3) is 5.52. The Bertz CT molecular complexity index is 76.0. The maximum Gasteiger partial charge on any atom is -0.0547 e. The van der Waals surface area contributed by atoms with Crippen LogP contribution in [0.5, 0.6) is 0 Å². The van der Waals surface area contributed by atoms with Gasteiger partial charge in [-0.1, -0.05) is 32.6 Å². The van der Waals surface area contributed by atoms with Crippen molar-refractivity contribution in [1.29, 1.82) is 0 Å². The number of hydrogen-bond donors (Lipinski definition) is 0. The van der Waals surface area contributed by atoms with Crippen LogP contribution in [0.2, 0.25) is 0 Å². The van der Waals surface area contributed by atoms with Gasteiger partial charge in [0.25, 0.3) is 0 Å². The van der Waals surface area contributed by atoms with Crippen LogP contribution < -0.4 is 0 Å². The molecule has 0 N–H and O–H groups in total. The molecule has 46 valence electrons. The molecule has 0 radical (unpaired) electrons. The summed E-state index contributed by atoms with van der Waals surface area (Å²) >= 11 is 0. The molecule has 0 atom stereocenters. The van der Waals surface area contributed by atoms with Gasteiger partial charge in [-0.05, 0) is 0 Å². The molecule has 0 unspecified atom stereocenters. The topological polar surface area (TPSA) is 0 Å². The van der Waals surface area contributed by atoms with E-state index in [2.05, 4.69) is 12.7 Å². The minimum atomic E-state index is 1.09. The van der Waals surface area contributed by atoms with Gasteiger partial charge in [-0.15, -0.1) is 0 Å². The van der Waals surface area contributed by atoms with Crippen LogP contribution in [0, 0.1) is 6.58 Å². The van der Waals surface area contributed by atoms with Gasteiger partial charge in [0.15, 0.2) is 0 Å². The molecule has 0 saturated heterocycles. The molecular formula is C8H13-. The average Bonchev–Trinajstić information content (AvgIpc) is 1.81. The van der Waals surface area contributed by atoms with Gasteiger partial charge in [-0.2, -0.15) is 6.08 Å². The van der Waals surface area contributed by atoms with E-state index in [-0.39, 0.29) is 0 Å². The van der Waals surface area contributed by atoms with E-state index in [1.54, 1.807) is 0 Å². The first-order chi connectivity index (χ1) is 3.91. The summed E-state index contributed by atoms with van der Waals surface area (Å²) in [6, 6.07) is 0. The van der Waals surface area contributed by atoms with Crippen LogP contribution in [-0.2, 0) is 0 Å². The van der Waals surface area contributed by atoms with E-state index in [1.807, 2.05) is 6.08 Å². The lowest BCUT2D eigenvalue weighted by atomic mass is 10.2. The molecule has 0 aromatic carbocycles. The van der Waals surface area contributed by atoms with Crippen LogP contribution in [-0.4, -0.2) is 0 Å². The van der Waals surface area contributed by atoms with Crippen molar-refractivity contribution >= 4 is 0 Å². The molecule has 0 aliphatic heterocycles. The first kappa shape index (κ1) is 7.52. The van der Waals surface area contributed by atoms with Crippen LogP contribution in [0.25, 0.3) is 0 Å². The average molecular weight is 109 g/mol. The highest BCUT2D eigenvalue weighted by molar-refractivity contribution is 4.72. The quantitative estimate of drug-likeness (QED) is 0.296. The lowest BCUT2D eigenvalue weighted by Crippen LogP contribution is -1.68. The Balaban J connectivity index is 2.82. The fourth-order valence-electron chi connectivity index (χ4n) is 0.580. The van der Waals surface area contributed by atoms with Gasteiger partial charge in [0.2, 0.25) is 0 Å². The third-order valence-corrected chi connectivity index (χ3v) is 1.07. The number of unbranched alkanes of at least 4 members (excludes halogenated alkanes) is 3. The Morgan fingerprint density at radius 3 is 2.75 bits per heavy atom. The van der Waals surface area contributed by atoms with Crippen molar-refractivity contribution < 1.29 is 0 Å². The third-order valence-electron chi connectivity index (χ3n) is 1.07. The predicted molar refractivity (Wildman–Crippen MR) is 36.5 cm³/mol. The molecule has 0 bridgehead atoms. The summed E-state index contributed by atoms with van der Waals surface area (Å²) in [4.78, 5) is 0. The van der Waals surface area contributed by atoms with Crippen molar-refractivity contribution in [2.75, 3.05) is 0 Å². The van der Waals surface area contributed by atoms with E-state index in [9.17, 15) is 0 Å². The standard InChI is InChI=1S/C8H13/c1-3-5-7-8-6-4-2/h1,5H,4,6-8H2,2H3/q-1.